The summed E-state index contributed by atoms with van der Waals surface area (Å²) in [6.07, 6.45) is 4.74. The molecule has 5 N–H and O–H groups in total. The van der Waals surface area contributed by atoms with Crippen LogP contribution in [-0.2, 0) is 49.5 Å². The molecule has 1 heterocycles. The van der Waals surface area contributed by atoms with E-state index in [0.717, 1.165) is 24.8 Å². The first-order valence-corrected chi connectivity index (χ1v) is 18.6. The molecular weight excluding hydrogens is 684 g/mol. The average Bonchev–Trinajstić information content (AvgIpc) is 3.40. The highest BCUT2D eigenvalue weighted by molar-refractivity contribution is 6.03. The van der Waals surface area contributed by atoms with Gasteiger partial charge in [0.25, 0.3) is 0 Å². The van der Waals surface area contributed by atoms with Crippen LogP contribution in [0.3, 0.4) is 0 Å². The lowest BCUT2D eigenvalue weighted by molar-refractivity contribution is -0.143. The van der Waals surface area contributed by atoms with E-state index in [1.54, 1.807) is 24.3 Å². The smallest absolute Gasteiger partial charge is 0.243 e. The summed E-state index contributed by atoms with van der Waals surface area (Å²) in [6.45, 7) is 6.84. The molecule has 2 atom stereocenters. The van der Waals surface area contributed by atoms with Crippen LogP contribution in [0.2, 0.25) is 0 Å². The van der Waals surface area contributed by atoms with Crippen LogP contribution in [0.5, 0.6) is 0 Å². The Morgan fingerprint density at radius 3 is 2.08 bits per heavy atom. The van der Waals surface area contributed by atoms with E-state index in [1.807, 2.05) is 33.8 Å². The Labute approximate surface area is 311 Å². The average molecular weight is 741 g/mol. The van der Waals surface area contributed by atoms with Gasteiger partial charge in [0, 0.05) is 37.6 Å². The normalized spacial score (nSPS) is 16.9. The van der Waals surface area contributed by atoms with Crippen LogP contribution in [0.25, 0.3) is 0 Å². The van der Waals surface area contributed by atoms with E-state index >= 15 is 0 Å². The molecule has 0 spiro atoms. The van der Waals surface area contributed by atoms with Crippen molar-refractivity contribution in [3.63, 3.8) is 0 Å². The lowest BCUT2D eigenvalue weighted by Crippen LogP contribution is -2.52. The lowest BCUT2D eigenvalue weighted by atomic mass is 9.64. The van der Waals surface area contributed by atoms with Crippen molar-refractivity contribution in [2.75, 3.05) is 39.5 Å². The second-order valence-corrected chi connectivity index (χ2v) is 14.6. The predicted octanol–water partition coefficient (Wildman–Crippen LogP) is 1.14. The molecule has 15 heteroatoms. The van der Waals surface area contributed by atoms with Crippen LogP contribution in [-0.4, -0.2) is 97.6 Å². The Bertz CT molecular complexity index is 1460. The van der Waals surface area contributed by atoms with Gasteiger partial charge in [-0.25, -0.2) is 0 Å². The number of nitrogens with one attached hydrogen (secondary N) is 5. The minimum atomic E-state index is -1.05. The van der Waals surface area contributed by atoms with Crippen LogP contribution >= 0.6 is 0 Å². The summed E-state index contributed by atoms with van der Waals surface area (Å²) >= 11 is 0. The Morgan fingerprint density at radius 1 is 0.811 bits per heavy atom. The second kappa shape index (κ2) is 21.1. The topological polar surface area (TPSA) is 209 Å². The number of nitrogens with zero attached hydrogens (tertiary/aromatic N) is 1. The van der Waals surface area contributed by atoms with Gasteiger partial charge in [-0.1, -0.05) is 70.9 Å². The van der Waals surface area contributed by atoms with Crippen LogP contribution in [0.1, 0.15) is 84.6 Å². The summed E-state index contributed by atoms with van der Waals surface area (Å²) in [5, 5.41) is 12.6. The van der Waals surface area contributed by atoms with Gasteiger partial charge in [0.05, 0.1) is 31.7 Å². The second-order valence-electron chi connectivity index (χ2n) is 14.6. The number of amides is 7. The van der Waals surface area contributed by atoms with Gasteiger partial charge >= 0.3 is 0 Å². The molecule has 2 unspecified atom stereocenters. The number of likely N-dealkylation sites (tertiary alicyclic amines) is 1. The molecule has 292 valence electrons. The third kappa shape index (κ3) is 13.7. The summed E-state index contributed by atoms with van der Waals surface area (Å²) in [4.78, 5) is 101. The summed E-state index contributed by atoms with van der Waals surface area (Å²) in [5.41, 5.74) is 0.265. The highest BCUT2D eigenvalue weighted by atomic mass is 16.5. The van der Waals surface area contributed by atoms with E-state index < -0.39 is 41.6 Å². The van der Waals surface area contributed by atoms with Crippen molar-refractivity contribution in [1.82, 2.24) is 31.5 Å². The lowest BCUT2D eigenvalue weighted by Gasteiger charge is -2.41. The molecule has 2 fully saturated rings. The number of carbonyl (C=O) groups excluding carboxylic acids is 8. The number of rotatable bonds is 23. The van der Waals surface area contributed by atoms with E-state index in [-0.39, 0.29) is 86.9 Å². The van der Waals surface area contributed by atoms with E-state index in [1.165, 1.54) is 4.90 Å². The largest absolute Gasteiger partial charge is 0.360 e. The van der Waals surface area contributed by atoms with Gasteiger partial charge in [-0.2, -0.15) is 0 Å². The zero-order chi connectivity index (χ0) is 39.0. The van der Waals surface area contributed by atoms with Gasteiger partial charge in [0.2, 0.25) is 41.4 Å². The summed E-state index contributed by atoms with van der Waals surface area (Å²) in [7, 11) is 0. The van der Waals surface area contributed by atoms with Crippen molar-refractivity contribution in [2.24, 2.45) is 23.2 Å². The molecule has 0 radical (unpaired) electrons. The Balaban J connectivity index is 1.34. The molecule has 1 saturated carbocycles. The number of benzene rings is 1. The SMILES string of the molecule is CC(C)C(=O)C1(COCNC(=O)CNC(=O)C(Cc2ccccc2)NC(=O)CNC(=O)CNC(=O)CCCCCN2C(=O)CC(C(C)C)C2=O)CCC1. The number of hydrogen-bond acceptors (Lipinski definition) is 9. The first-order chi connectivity index (χ1) is 25.2. The highest BCUT2D eigenvalue weighted by Gasteiger charge is 2.45. The van der Waals surface area contributed by atoms with Gasteiger partial charge in [-0.3, -0.25) is 43.3 Å². The molecular formula is C38H56N6O9. The molecule has 1 aromatic carbocycles. The van der Waals surface area contributed by atoms with Crippen LogP contribution in [0.4, 0.5) is 0 Å². The maximum atomic E-state index is 13.1. The fourth-order valence-corrected chi connectivity index (χ4v) is 6.42. The summed E-state index contributed by atoms with van der Waals surface area (Å²) in [6, 6.07) is 7.92. The van der Waals surface area contributed by atoms with Crippen molar-refractivity contribution in [1.29, 1.82) is 0 Å². The minimum Gasteiger partial charge on any atom is -0.360 e. The van der Waals surface area contributed by atoms with E-state index in [9.17, 15) is 38.4 Å². The molecule has 15 nitrogen and oxygen atoms in total. The highest BCUT2D eigenvalue weighted by Crippen LogP contribution is 2.43. The van der Waals surface area contributed by atoms with Gasteiger partial charge in [-0.05, 0) is 37.2 Å². The Hall–Kier alpha value is -4.66. The zero-order valence-electron chi connectivity index (χ0n) is 31.4. The molecule has 53 heavy (non-hydrogen) atoms. The summed E-state index contributed by atoms with van der Waals surface area (Å²) < 4.78 is 5.60. The van der Waals surface area contributed by atoms with Gasteiger partial charge in [0.1, 0.15) is 18.6 Å². The Morgan fingerprint density at radius 2 is 1.45 bits per heavy atom. The standard InChI is InChI=1S/C38H56N6O9/c1-25(2)28-19-34(49)44(37(28)52)17-10-6-9-14-30(45)39-20-31(46)40-22-33(48)43-29(18-27-12-7-5-8-13-27)36(51)41-21-32(47)42-24-53-23-38(15-11-16-38)35(50)26(3)4/h5,7-8,12-13,25-26,28-29H,6,9-11,14-24H2,1-4H3,(H,39,45)(H,40,46)(H,41,51)(H,42,47)(H,43,48). The molecule has 0 aromatic heterocycles. The quantitative estimate of drug-likeness (QED) is 0.0618. The van der Waals surface area contributed by atoms with Crippen molar-refractivity contribution in [3.8, 4) is 0 Å². The maximum Gasteiger partial charge on any atom is 0.243 e. The van der Waals surface area contributed by atoms with Crippen molar-refractivity contribution >= 4 is 47.1 Å². The molecule has 7 amide bonds. The van der Waals surface area contributed by atoms with Gasteiger partial charge in [-0.15, -0.1) is 0 Å². The number of ether oxygens (including phenoxy) is 1. The minimum absolute atomic E-state index is 0.0987. The Kier molecular flexibility index (Phi) is 17.1. The van der Waals surface area contributed by atoms with E-state index in [2.05, 4.69) is 26.6 Å². The predicted molar refractivity (Wildman–Crippen MR) is 194 cm³/mol. The first-order valence-electron chi connectivity index (χ1n) is 18.6. The van der Waals surface area contributed by atoms with Gasteiger partial charge < -0.3 is 31.3 Å². The number of hydrogen-bond donors (Lipinski definition) is 5. The van der Waals surface area contributed by atoms with Crippen LogP contribution in [0, 0.1) is 23.2 Å². The molecule has 3 rings (SSSR count). The fraction of sp³-hybridized carbons (Fsp3) is 0.632. The number of ketones is 1. The number of Topliss-reactive ketones (excluding diaryl/α,β-unsaturated/α-hetero) is 1. The van der Waals surface area contributed by atoms with E-state index in [0.29, 0.717) is 25.8 Å². The molecule has 2 aliphatic rings. The fourth-order valence-electron chi connectivity index (χ4n) is 6.42. The van der Waals surface area contributed by atoms with Gasteiger partial charge in [0.15, 0.2) is 0 Å². The molecule has 1 aliphatic heterocycles. The maximum absolute atomic E-state index is 13.1. The van der Waals surface area contributed by atoms with E-state index in [4.69, 9.17) is 4.74 Å². The molecule has 1 aromatic rings. The van der Waals surface area contributed by atoms with Crippen molar-refractivity contribution < 1.29 is 43.1 Å². The van der Waals surface area contributed by atoms with Crippen molar-refractivity contribution in [3.05, 3.63) is 35.9 Å². The monoisotopic (exact) mass is 740 g/mol. The number of unbranched alkanes of at least 4 members (excludes halogenated alkanes) is 2. The third-order valence-electron chi connectivity index (χ3n) is 9.73. The number of imide groups is 1. The van der Waals surface area contributed by atoms with Crippen LogP contribution < -0.4 is 26.6 Å². The van der Waals surface area contributed by atoms with Crippen molar-refractivity contribution in [2.45, 2.75) is 91.5 Å². The number of carbonyl (C=O) groups is 8. The summed E-state index contributed by atoms with van der Waals surface area (Å²) in [5.74, 6) is -3.09. The third-order valence-corrected chi connectivity index (χ3v) is 9.73. The molecule has 1 saturated heterocycles. The zero-order valence-corrected chi connectivity index (χ0v) is 31.4. The first kappa shape index (κ1) is 42.8. The molecule has 0 bridgehead atoms. The van der Waals surface area contributed by atoms with Crippen LogP contribution in [0.15, 0.2) is 30.3 Å². The molecule has 1 aliphatic carbocycles.